The fourth-order valence-electron chi connectivity index (χ4n) is 2.10. The first-order valence-electron chi connectivity index (χ1n) is 6.14. The summed E-state index contributed by atoms with van der Waals surface area (Å²) in [5.41, 5.74) is 0.126. The third-order valence-electron chi connectivity index (χ3n) is 3.34. The highest BCUT2D eigenvalue weighted by Gasteiger charge is 2.21. The number of amides is 1. The smallest absolute Gasteiger partial charge is 0.338 e. The lowest BCUT2D eigenvalue weighted by Crippen LogP contribution is -2.29. The van der Waals surface area contributed by atoms with Crippen LogP contribution < -0.4 is 0 Å². The van der Waals surface area contributed by atoms with Crippen molar-refractivity contribution in [3.05, 3.63) is 23.7 Å². The number of carbonyl (C=O) groups excluding carboxylic acids is 1. The SMILES string of the molecule is CC1CCC(=O)N(Cc2cc(C(=O)O)co2)CC1. The molecule has 0 bridgehead atoms. The van der Waals surface area contributed by atoms with Crippen LogP contribution in [0.3, 0.4) is 0 Å². The van der Waals surface area contributed by atoms with E-state index in [0.717, 1.165) is 12.8 Å². The zero-order valence-electron chi connectivity index (χ0n) is 10.4. The molecule has 1 aromatic heterocycles. The number of nitrogens with zero attached hydrogens (tertiary/aromatic N) is 1. The Morgan fingerprint density at radius 3 is 3.00 bits per heavy atom. The summed E-state index contributed by atoms with van der Waals surface area (Å²) in [7, 11) is 0. The molecule has 2 rings (SSSR count). The lowest BCUT2D eigenvalue weighted by atomic mass is 10.0. The Balaban J connectivity index is 2.02. The third-order valence-corrected chi connectivity index (χ3v) is 3.34. The number of furan rings is 1. The molecule has 1 atom stereocenters. The van der Waals surface area contributed by atoms with Crippen LogP contribution in [0, 0.1) is 5.92 Å². The quantitative estimate of drug-likeness (QED) is 0.893. The molecular formula is C13H17NO4. The van der Waals surface area contributed by atoms with Crippen molar-refractivity contribution in [2.45, 2.75) is 32.7 Å². The Kier molecular flexibility index (Phi) is 3.69. The van der Waals surface area contributed by atoms with Crippen LogP contribution in [0.4, 0.5) is 0 Å². The molecule has 5 heteroatoms. The Hall–Kier alpha value is -1.78. The maximum atomic E-state index is 11.9. The predicted octanol–water partition coefficient (Wildman–Crippen LogP) is 2.13. The van der Waals surface area contributed by atoms with E-state index in [4.69, 9.17) is 9.52 Å². The molecule has 1 amide bonds. The van der Waals surface area contributed by atoms with E-state index in [1.165, 1.54) is 12.3 Å². The zero-order chi connectivity index (χ0) is 13.1. The molecule has 1 aliphatic heterocycles. The molecule has 98 valence electrons. The van der Waals surface area contributed by atoms with Crippen LogP contribution in [0.15, 0.2) is 16.7 Å². The van der Waals surface area contributed by atoms with E-state index >= 15 is 0 Å². The molecule has 0 saturated carbocycles. The van der Waals surface area contributed by atoms with Crippen LogP contribution in [0.5, 0.6) is 0 Å². The highest BCUT2D eigenvalue weighted by atomic mass is 16.4. The van der Waals surface area contributed by atoms with Crippen molar-refractivity contribution in [2.75, 3.05) is 6.54 Å². The number of hydrogen-bond donors (Lipinski definition) is 1. The van der Waals surface area contributed by atoms with Crippen molar-refractivity contribution in [1.82, 2.24) is 4.90 Å². The standard InChI is InChI=1S/C13H17NO4/c1-9-2-3-12(15)14(5-4-9)7-11-6-10(8-18-11)13(16)17/h6,8-9H,2-5,7H2,1H3,(H,16,17). The van der Waals surface area contributed by atoms with E-state index in [2.05, 4.69) is 6.92 Å². The number of likely N-dealkylation sites (tertiary alicyclic amines) is 1. The molecule has 5 nitrogen and oxygen atoms in total. The summed E-state index contributed by atoms with van der Waals surface area (Å²) < 4.78 is 5.17. The van der Waals surface area contributed by atoms with Crippen LogP contribution >= 0.6 is 0 Å². The molecule has 1 saturated heterocycles. The summed E-state index contributed by atoms with van der Waals surface area (Å²) in [5.74, 6) is 0.189. The molecule has 0 aromatic carbocycles. The van der Waals surface area contributed by atoms with Gasteiger partial charge in [0.15, 0.2) is 0 Å². The minimum absolute atomic E-state index is 0.118. The highest BCUT2D eigenvalue weighted by molar-refractivity contribution is 5.87. The van der Waals surface area contributed by atoms with Gasteiger partial charge in [0.1, 0.15) is 12.0 Å². The van der Waals surface area contributed by atoms with Gasteiger partial charge in [0, 0.05) is 13.0 Å². The number of hydrogen-bond acceptors (Lipinski definition) is 3. The zero-order valence-corrected chi connectivity index (χ0v) is 10.4. The van der Waals surface area contributed by atoms with Crippen LogP contribution in [-0.4, -0.2) is 28.4 Å². The fourth-order valence-corrected chi connectivity index (χ4v) is 2.10. The topological polar surface area (TPSA) is 70.8 Å². The summed E-state index contributed by atoms with van der Waals surface area (Å²) in [6.07, 6.45) is 3.68. The molecule has 1 aliphatic rings. The van der Waals surface area contributed by atoms with Gasteiger partial charge in [-0.3, -0.25) is 4.79 Å². The van der Waals surface area contributed by atoms with Crippen LogP contribution in [0.1, 0.15) is 42.3 Å². The summed E-state index contributed by atoms with van der Waals surface area (Å²) in [4.78, 5) is 24.3. The minimum Gasteiger partial charge on any atom is -0.478 e. The van der Waals surface area contributed by atoms with Crippen molar-refractivity contribution in [1.29, 1.82) is 0 Å². The first-order valence-corrected chi connectivity index (χ1v) is 6.14. The molecule has 18 heavy (non-hydrogen) atoms. The monoisotopic (exact) mass is 251 g/mol. The van der Waals surface area contributed by atoms with Crippen molar-refractivity contribution in [2.24, 2.45) is 5.92 Å². The van der Waals surface area contributed by atoms with E-state index in [1.54, 1.807) is 4.90 Å². The lowest BCUT2D eigenvalue weighted by Gasteiger charge is -2.19. The Bertz CT molecular complexity index is 452. The predicted molar refractivity (Wildman–Crippen MR) is 64.1 cm³/mol. The van der Waals surface area contributed by atoms with Crippen LogP contribution in [0.2, 0.25) is 0 Å². The highest BCUT2D eigenvalue weighted by Crippen LogP contribution is 2.20. The van der Waals surface area contributed by atoms with Gasteiger partial charge >= 0.3 is 5.97 Å². The number of carbonyl (C=O) groups is 2. The van der Waals surface area contributed by atoms with Gasteiger partial charge in [-0.25, -0.2) is 4.79 Å². The van der Waals surface area contributed by atoms with Gasteiger partial charge in [-0.1, -0.05) is 6.92 Å². The van der Waals surface area contributed by atoms with Crippen LogP contribution in [0.25, 0.3) is 0 Å². The van der Waals surface area contributed by atoms with Gasteiger partial charge in [0.25, 0.3) is 0 Å². The molecule has 1 fully saturated rings. The number of carboxylic acid groups (broad SMARTS) is 1. The molecular weight excluding hydrogens is 234 g/mol. The van der Waals surface area contributed by atoms with Crippen molar-refractivity contribution in [3.63, 3.8) is 0 Å². The summed E-state index contributed by atoms with van der Waals surface area (Å²) >= 11 is 0. The number of aromatic carboxylic acids is 1. The molecule has 0 radical (unpaired) electrons. The molecule has 2 heterocycles. The maximum absolute atomic E-state index is 11.9. The van der Waals surface area contributed by atoms with E-state index in [1.807, 2.05) is 0 Å². The minimum atomic E-state index is -1.01. The van der Waals surface area contributed by atoms with Crippen molar-refractivity contribution in [3.8, 4) is 0 Å². The summed E-state index contributed by atoms with van der Waals surface area (Å²) in [6.45, 7) is 3.22. The van der Waals surface area contributed by atoms with E-state index in [-0.39, 0.29) is 11.5 Å². The van der Waals surface area contributed by atoms with Gasteiger partial charge in [-0.05, 0) is 24.8 Å². The fraction of sp³-hybridized carbons (Fsp3) is 0.538. The average Bonchev–Trinajstić information content (AvgIpc) is 2.74. The van der Waals surface area contributed by atoms with E-state index in [0.29, 0.717) is 31.2 Å². The number of carboxylic acids is 1. The van der Waals surface area contributed by atoms with Gasteiger partial charge in [0.2, 0.25) is 5.91 Å². The first kappa shape index (κ1) is 12.7. The first-order chi connectivity index (χ1) is 8.56. The second-order valence-corrected chi connectivity index (χ2v) is 4.85. The Morgan fingerprint density at radius 1 is 1.56 bits per heavy atom. The molecule has 1 N–H and O–H groups in total. The molecule has 0 spiro atoms. The normalized spacial score (nSPS) is 20.8. The molecule has 1 aromatic rings. The maximum Gasteiger partial charge on any atom is 0.338 e. The summed E-state index contributed by atoms with van der Waals surface area (Å²) in [6, 6.07) is 1.48. The van der Waals surface area contributed by atoms with Crippen molar-refractivity contribution >= 4 is 11.9 Å². The molecule has 1 unspecified atom stereocenters. The second-order valence-electron chi connectivity index (χ2n) is 4.85. The van der Waals surface area contributed by atoms with Crippen molar-refractivity contribution < 1.29 is 19.1 Å². The Labute approximate surface area is 105 Å². The summed E-state index contributed by atoms with van der Waals surface area (Å²) in [5, 5.41) is 8.80. The second kappa shape index (κ2) is 5.25. The van der Waals surface area contributed by atoms with Gasteiger partial charge in [-0.15, -0.1) is 0 Å². The lowest BCUT2D eigenvalue weighted by molar-refractivity contribution is -0.131. The van der Waals surface area contributed by atoms with E-state index < -0.39 is 5.97 Å². The van der Waals surface area contributed by atoms with E-state index in [9.17, 15) is 9.59 Å². The van der Waals surface area contributed by atoms with Crippen LogP contribution in [-0.2, 0) is 11.3 Å². The van der Waals surface area contributed by atoms with Gasteiger partial charge < -0.3 is 14.4 Å². The number of rotatable bonds is 3. The largest absolute Gasteiger partial charge is 0.478 e. The molecule has 0 aliphatic carbocycles. The van der Waals surface area contributed by atoms with Gasteiger partial charge in [-0.2, -0.15) is 0 Å². The Morgan fingerprint density at radius 2 is 2.33 bits per heavy atom. The van der Waals surface area contributed by atoms with Gasteiger partial charge in [0.05, 0.1) is 12.1 Å². The average molecular weight is 251 g/mol. The third kappa shape index (κ3) is 2.91.